The smallest absolute Gasteiger partial charge is 0.125 e. The molecule has 3 nitrogen and oxygen atoms in total. The van der Waals surface area contributed by atoms with E-state index >= 15 is 0 Å². The third kappa shape index (κ3) is 2.41. The standard InChI is InChI=1S/C15H19NO2/c1-4-12-7-8-13(18-12)15(16)11-6-5-10(2)14(9-11)17-3/h5-9,15H,4,16H2,1-3H3. The Balaban J connectivity index is 2.30. The molecule has 0 saturated heterocycles. The molecule has 1 atom stereocenters. The van der Waals surface area contributed by atoms with Crippen molar-refractivity contribution in [2.45, 2.75) is 26.3 Å². The number of nitrogens with two attached hydrogens (primary N) is 1. The van der Waals surface area contributed by atoms with Gasteiger partial charge in [-0.25, -0.2) is 0 Å². The zero-order valence-electron chi connectivity index (χ0n) is 11.1. The van der Waals surface area contributed by atoms with Crippen molar-refractivity contribution in [2.75, 3.05) is 7.11 Å². The fourth-order valence-electron chi connectivity index (χ4n) is 1.95. The summed E-state index contributed by atoms with van der Waals surface area (Å²) in [7, 11) is 1.67. The number of ether oxygens (including phenoxy) is 1. The van der Waals surface area contributed by atoms with Crippen LogP contribution in [0.25, 0.3) is 0 Å². The van der Waals surface area contributed by atoms with Crippen molar-refractivity contribution in [2.24, 2.45) is 5.73 Å². The zero-order chi connectivity index (χ0) is 13.1. The molecular weight excluding hydrogens is 226 g/mol. The van der Waals surface area contributed by atoms with Crippen LogP contribution in [0.1, 0.15) is 35.6 Å². The van der Waals surface area contributed by atoms with Crippen molar-refractivity contribution >= 4 is 0 Å². The molecule has 0 radical (unpaired) electrons. The highest BCUT2D eigenvalue weighted by Gasteiger charge is 2.14. The molecule has 96 valence electrons. The van der Waals surface area contributed by atoms with Gasteiger partial charge in [0.25, 0.3) is 0 Å². The minimum absolute atomic E-state index is 0.250. The lowest BCUT2D eigenvalue weighted by molar-refractivity contribution is 0.410. The number of rotatable bonds is 4. The zero-order valence-corrected chi connectivity index (χ0v) is 11.1. The Hall–Kier alpha value is -1.74. The van der Waals surface area contributed by atoms with Crippen LogP contribution >= 0.6 is 0 Å². The summed E-state index contributed by atoms with van der Waals surface area (Å²) in [5.41, 5.74) is 8.30. The summed E-state index contributed by atoms with van der Waals surface area (Å²) in [5.74, 6) is 2.60. The summed E-state index contributed by atoms with van der Waals surface area (Å²) in [4.78, 5) is 0. The first-order chi connectivity index (χ1) is 8.65. The molecule has 1 aromatic heterocycles. The second-order valence-electron chi connectivity index (χ2n) is 4.36. The van der Waals surface area contributed by atoms with E-state index in [1.54, 1.807) is 7.11 Å². The van der Waals surface area contributed by atoms with Crippen molar-refractivity contribution in [3.63, 3.8) is 0 Å². The summed E-state index contributed by atoms with van der Waals surface area (Å²) in [6, 6.07) is 9.65. The summed E-state index contributed by atoms with van der Waals surface area (Å²) < 4.78 is 11.0. The first kappa shape index (κ1) is 12.7. The van der Waals surface area contributed by atoms with Crippen LogP contribution in [0.3, 0.4) is 0 Å². The number of furan rings is 1. The molecule has 0 aliphatic carbocycles. The molecule has 0 saturated carbocycles. The Morgan fingerprint density at radius 2 is 2.06 bits per heavy atom. The molecular formula is C15H19NO2. The van der Waals surface area contributed by atoms with Gasteiger partial charge in [-0.3, -0.25) is 0 Å². The van der Waals surface area contributed by atoms with Gasteiger partial charge in [0, 0.05) is 6.42 Å². The molecule has 1 unspecified atom stereocenters. The van der Waals surface area contributed by atoms with Crippen LogP contribution in [0.2, 0.25) is 0 Å². The Bertz CT molecular complexity index is 531. The van der Waals surface area contributed by atoms with Crippen LogP contribution in [0.5, 0.6) is 5.75 Å². The molecule has 2 N–H and O–H groups in total. The van der Waals surface area contributed by atoms with Crippen LogP contribution in [-0.2, 0) is 6.42 Å². The molecule has 0 aliphatic heterocycles. The molecule has 2 rings (SSSR count). The molecule has 0 bridgehead atoms. The number of hydrogen-bond donors (Lipinski definition) is 1. The minimum Gasteiger partial charge on any atom is -0.496 e. The predicted molar refractivity (Wildman–Crippen MR) is 71.8 cm³/mol. The lowest BCUT2D eigenvalue weighted by Gasteiger charge is -2.12. The van der Waals surface area contributed by atoms with Crippen molar-refractivity contribution in [3.05, 3.63) is 53.0 Å². The Morgan fingerprint density at radius 3 is 2.67 bits per heavy atom. The van der Waals surface area contributed by atoms with E-state index in [0.717, 1.165) is 34.8 Å². The van der Waals surface area contributed by atoms with E-state index in [2.05, 4.69) is 6.92 Å². The molecule has 0 fully saturated rings. The van der Waals surface area contributed by atoms with Gasteiger partial charge >= 0.3 is 0 Å². The Labute approximate surface area is 108 Å². The second-order valence-corrected chi connectivity index (χ2v) is 4.36. The Kier molecular flexibility index (Phi) is 3.72. The van der Waals surface area contributed by atoms with Crippen molar-refractivity contribution in [1.82, 2.24) is 0 Å². The van der Waals surface area contributed by atoms with E-state index in [1.165, 1.54) is 0 Å². The van der Waals surface area contributed by atoms with Crippen molar-refractivity contribution in [3.8, 4) is 5.75 Å². The first-order valence-electron chi connectivity index (χ1n) is 6.14. The maximum atomic E-state index is 6.21. The fourth-order valence-corrected chi connectivity index (χ4v) is 1.95. The van der Waals surface area contributed by atoms with Crippen LogP contribution in [0.15, 0.2) is 34.7 Å². The van der Waals surface area contributed by atoms with E-state index in [4.69, 9.17) is 14.9 Å². The predicted octanol–water partition coefficient (Wildman–Crippen LogP) is 3.21. The van der Waals surface area contributed by atoms with E-state index in [1.807, 2.05) is 37.3 Å². The molecule has 1 aromatic carbocycles. The maximum absolute atomic E-state index is 6.21. The molecule has 1 heterocycles. The topological polar surface area (TPSA) is 48.4 Å². The highest BCUT2D eigenvalue weighted by atomic mass is 16.5. The molecule has 18 heavy (non-hydrogen) atoms. The van der Waals surface area contributed by atoms with Gasteiger partial charge in [0.2, 0.25) is 0 Å². The summed E-state index contributed by atoms with van der Waals surface area (Å²) in [6.45, 7) is 4.07. The first-order valence-corrected chi connectivity index (χ1v) is 6.14. The molecule has 0 amide bonds. The Morgan fingerprint density at radius 1 is 1.28 bits per heavy atom. The van der Waals surface area contributed by atoms with Crippen molar-refractivity contribution < 1.29 is 9.15 Å². The van der Waals surface area contributed by atoms with E-state index < -0.39 is 0 Å². The quantitative estimate of drug-likeness (QED) is 0.899. The number of hydrogen-bond acceptors (Lipinski definition) is 3. The van der Waals surface area contributed by atoms with Gasteiger partial charge in [-0.2, -0.15) is 0 Å². The fraction of sp³-hybridized carbons (Fsp3) is 0.333. The van der Waals surface area contributed by atoms with Gasteiger partial charge in [-0.05, 0) is 36.2 Å². The monoisotopic (exact) mass is 245 g/mol. The van der Waals surface area contributed by atoms with E-state index in [9.17, 15) is 0 Å². The van der Waals surface area contributed by atoms with Crippen LogP contribution in [0, 0.1) is 6.92 Å². The van der Waals surface area contributed by atoms with Crippen LogP contribution < -0.4 is 10.5 Å². The molecule has 0 aliphatic rings. The van der Waals surface area contributed by atoms with Crippen LogP contribution in [-0.4, -0.2) is 7.11 Å². The van der Waals surface area contributed by atoms with Gasteiger partial charge in [0.05, 0.1) is 13.2 Å². The molecule has 0 spiro atoms. The third-order valence-corrected chi connectivity index (χ3v) is 3.13. The largest absolute Gasteiger partial charge is 0.496 e. The van der Waals surface area contributed by atoms with E-state index in [0.29, 0.717) is 0 Å². The number of methoxy groups -OCH3 is 1. The van der Waals surface area contributed by atoms with Gasteiger partial charge in [0.1, 0.15) is 17.3 Å². The average molecular weight is 245 g/mol. The van der Waals surface area contributed by atoms with Crippen molar-refractivity contribution in [1.29, 1.82) is 0 Å². The summed E-state index contributed by atoms with van der Waals surface area (Å²) >= 11 is 0. The van der Waals surface area contributed by atoms with Gasteiger partial charge < -0.3 is 14.9 Å². The normalized spacial score (nSPS) is 12.4. The maximum Gasteiger partial charge on any atom is 0.125 e. The lowest BCUT2D eigenvalue weighted by Crippen LogP contribution is -2.11. The van der Waals surface area contributed by atoms with Gasteiger partial charge in [0.15, 0.2) is 0 Å². The van der Waals surface area contributed by atoms with Gasteiger partial charge in [-0.1, -0.05) is 19.1 Å². The summed E-state index contributed by atoms with van der Waals surface area (Å²) in [5, 5.41) is 0. The SMILES string of the molecule is CCc1ccc(C(N)c2ccc(C)c(OC)c2)o1. The minimum atomic E-state index is -0.250. The van der Waals surface area contributed by atoms with E-state index in [-0.39, 0.29) is 6.04 Å². The molecule has 2 aromatic rings. The van der Waals surface area contributed by atoms with Gasteiger partial charge in [-0.15, -0.1) is 0 Å². The summed E-state index contributed by atoms with van der Waals surface area (Å²) in [6.07, 6.45) is 0.879. The number of benzene rings is 1. The lowest BCUT2D eigenvalue weighted by atomic mass is 10.0. The van der Waals surface area contributed by atoms with Crippen LogP contribution in [0.4, 0.5) is 0 Å². The highest BCUT2D eigenvalue weighted by molar-refractivity contribution is 5.39. The average Bonchev–Trinajstić information content (AvgIpc) is 2.87. The second kappa shape index (κ2) is 5.27. The third-order valence-electron chi connectivity index (χ3n) is 3.13. The highest BCUT2D eigenvalue weighted by Crippen LogP contribution is 2.27. The molecule has 3 heteroatoms. The number of aryl methyl sites for hydroxylation is 2.